The Morgan fingerprint density at radius 3 is 2.30 bits per heavy atom. The predicted octanol–water partition coefficient (Wildman–Crippen LogP) is 1.54. The Balaban J connectivity index is 1.23. The first-order valence-corrected chi connectivity index (χ1v) is 17.9. The largest absolute Gasteiger partial charge is 0.397 e. The van der Waals surface area contributed by atoms with E-state index >= 15 is 0 Å². The van der Waals surface area contributed by atoms with Gasteiger partial charge in [0, 0.05) is 12.3 Å². The maximum Gasteiger partial charge on any atom is 0.397 e. The van der Waals surface area contributed by atoms with Gasteiger partial charge in [0.15, 0.2) is 6.29 Å². The fraction of sp³-hybridized carbons (Fsp3) is 1.00. The van der Waals surface area contributed by atoms with Crippen molar-refractivity contribution in [3.8, 4) is 0 Å². The van der Waals surface area contributed by atoms with Crippen molar-refractivity contribution < 1.29 is 57.3 Å². The number of fused-ring (bicyclic) bond motifs is 5. The Bertz CT molecular complexity index is 1120. The van der Waals surface area contributed by atoms with E-state index in [1.54, 1.807) is 0 Å². The van der Waals surface area contributed by atoms with Gasteiger partial charge in [-0.1, -0.05) is 27.7 Å². The van der Waals surface area contributed by atoms with Crippen LogP contribution in [-0.2, 0) is 24.1 Å². The third-order valence-corrected chi connectivity index (χ3v) is 13.3. The molecule has 12 nitrogen and oxygen atoms in total. The molecule has 256 valence electrons. The lowest BCUT2D eigenvalue weighted by Gasteiger charge is -2.66. The normalized spacial score (nSPS) is 50.8. The molecular formula is C31H54O12S. The van der Waals surface area contributed by atoms with Crippen LogP contribution in [0.3, 0.4) is 0 Å². The van der Waals surface area contributed by atoms with E-state index in [0.29, 0.717) is 32.1 Å². The van der Waals surface area contributed by atoms with Gasteiger partial charge in [0.1, 0.15) is 18.3 Å². The van der Waals surface area contributed by atoms with Crippen LogP contribution in [0.5, 0.6) is 0 Å². The molecule has 5 rings (SSSR count). The van der Waals surface area contributed by atoms with Crippen LogP contribution in [0.25, 0.3) is 0 Å². The molecule has 13 heteroatoms. The second kappa shape index (κ2) is 12.5. The summed E-state index contributed by atoms with van der Waals surface area (Å²) in [5, 5.41) is 66.5. The average molecular weight is 651 g/mol. The Kier molecular flexibility index (Phi) is 9.94. The van der Waals surface area contributed by atoms with Crippen LogP contribution in [-0.4, -0.2) is 105 Å². The molecule has 0 bridgehead atoms. The molecule has 16 atom stereocenters. The van der Waals surface area contributed by atoms with E-state index in [4.69, 9.17) is 14.0 Å². The fourth-order valence-electron chi connectivity index (χ4n) is 10.7. The van der Waals surface area contributed by atoms with Crippen LogP contribution in [0.1, 0.15) is 91.9 Å². The van der Waals surface area contributed by atoms with Crippen molar-refractivity contribution in [1.82, 2.24) is 0 Å². The monoisotopic (exact) mass is 650 g/mol. The summed E-state index contributed by atoms with van der Waals surface area (Å²) >= 11 is 0. The van der Waals surface area contributed by atoms with Gasteiger partial charge in [-0.15, -0.1) is 0 Å². The van der Waals surface area contributed by atoms with Crippen molar-refractivity contribution in [1.29, 1.82) is 0 Å². The van der Waals surface area contributed by atoms with E-state index in [2.05, 4.69) is 25.0 Å². The van der Waals surface area contributed by atoms with Gasteiger partial charge >= 0.3 is 10.4 Å². The van der Waals surface area contributed by atoms with E-state index in [-0.39, 0.29) is 52.9 Å². The Labute approximate surface area is 261 Å². The first-order chi connectivity index (χ1) is 20.4. The maximum atomic E-state index is 12.5. The highest BCUT2D eigenvalue weighted by Gasteiger charge is 2.70. The summed E-state index contributed by atoms with van der Waals surface area (Å²) in [4.78, 5) is 0. The molecule has 7 N–H and O–H groups in total. The molecule has 0 spiro atoms. The van der Waals surface area contributed by atoms with Crippen LogP contribution in [0.15, 0.2) is 0 Å². The zero-order chi connectivity index (χ0) is 32.4. The summed E-state index contributed by atoms with van der Waals surface area (Å²) in [5.74, 6) is -0.153. The highest BCUT2D eigenvalue weighted by molar-refractivity contribution is 7.80. The summed E-state index contributed by atoms with van der Waals surface area (Å²) in [6, 6.07) is 0. The van der Waals surface area contributed by atoms with Crippen LogP contribution >= 0.6 is 0 Å². The molecule has 4 saturated carbocycles. The van der Waals surface area contributed by atoms with Gasteiger partial charge in [0.25, 0.3) is 0 Å². The third-order valence-electron chi connectivity index (χ3n) is 12.8. The average Bonchev–Trinajstić information content (AvgIpc) is 3.21. The summed E-state index contributed by atoms with van der Waals surface area (Å²) in [6.07, 6.45) is -1.63. The number of hydrogen-bond acceptors (Lipinski definition) is 11. The first-order valence-electron chi connectivity index (χ1n) is 16.5. The lowest BCUT2D eigenvalue weighted by molar-refractivity contribution is -0.280. The topological polar surface area (TPSA) is 203 Å². The predicted molar refractivity (Wildman–Crippen MR) is 157 cm³/mol. The summed E-state index contributed by atoms with van der Waals surface area (Å²) < 4.78 is 46.8. The Morgan fingerprint density at radius 1 is 0.955 bits per heavy atom. The van der Waals surface area contributed by atoms with E-state index < -0.39 is 65.5 Å². The van der Waals surface area contributed by atoms with E-state index in [0.717, 1.165) is 25.7 Å². The number of rotatable bonds is 9. The lowest BCUT2D eigenvalue weighted by atomic mass is 9.42. The van der Waals surface area contributed by atoms with Crippen molar-refractivity contribution in [3.05, 3.63) is 0 Å². The van der Waals surface area contributed by atoms with Crippen LogP contribution in [0.4, 0.5) is 0 Å². The Morgan fingerprint density at radius 2 is 1.64 bits per heavy atom. The van der Waals surface area contributed by atoms with Gasteiger partial charge in [-0.3, -0.25) is 4.55 Å². The summed E-state index contributed by atoms with van der Waals surface area (Å²) in [6.45, 7) is 8.07. The van der Waals surface area contributed by atoms with Gasteiger partial charge in [0.05, 0.1) is 36.6 Å². The Hall–Kier alpha value is -0.450. The second-order valence-corrected chi connectivity index (χ2v) is 16.3. The van der Waals surface area contributed by atoms with E-state index in [1.165, 1.54) is 0 Å². The third kappa shape index (κ3) is 6.13. The molecule has 0 radical (unpaired) electrons. The SMILES string of the molecule is CCC(CCC(C)C1CC(O)C2C1(C)CCC1C3(C)CCC(O)CC3C(O)CC12O)OC1OCC(OS(=O)(=O)O)C(O)C1O. The molecule has 1 saturated heterocycles. The minimum atomic E-state index is -4.84. The quantitative estimate of drug-likeness (QED) is 0.178. The molecule has 4 aliphatic carbocycles. The second-order valence-electron chi connectivity index (χ2n) is 15.3. The molecule has 0 aromatic heterocycles. The maximum absolute atomic E-state index is 12.5. The number of ether oxygens (including phenoxy) is 2. The molecule has 5 aliphatic rings. The van der Waals surface area contributed by atoms with Crippen LogP contribution in [0, 0.1) is 40.4 Å². The van der Waals surface area contributed by atoms with Crippen molar-refractivity contribution >= 4 is 10.4 Å². The smallest absolute Gasteiger partial charge is 0.393 e. The molecule has 1 heterocycles. The van der Waals surface area contributed by atoms with Crippen LogP contribution < -0.4 is 0 Å². The zero-order valence-electron chi connectivity index (χ0n) is 26.4. The highest BCUT2D eigenvalue weighted by atomic mass is 32.3. The first kappa shape index (κ1) is 34.9. The van der Waals surface area contributed by atoms with Crippen LogP contribution in [0.2, 0.25) is 0 Å². The lowest BCUT2D eigenvalue weighted by Crippen LogP contribution is -2.68. The summed E-state index contributed by atoms with van der Waals surface area (Å²) in [5.41, 5.74) is -1.80. The van der Waals surface area contributed by atoms with Gasteiger partial charge in [-0.25, -0.2) is 4.18 Å². The zero-order valence-corrected chi connectivity index (χ0v) is 27.2. The van der Waals surface area contributed by atoms with Crippen molar-refractivity contribution in [2.45, 2.75) is 147 Å². The molecule has 16 unspecified atom stereocenters. The highest BCUT2D eigenvalue weighted by Crippen LogP contribution is 2.69. The molecular weight excluding hydrogens is 596 g/mol. The molecule has 0 aromatic rings. The minimum absolute atomic E-state index is 0.0460. The van der Waals surface area contributed by atoms with Crippen molar-refractivity contribution in [2.24, 2.45) is 40.4 Å². The number of aliphatic hydroxyl groups is 6. The molecule has 0 amide bonds. The number of aliphatic hydroxyl groups excluding tert-OH is 5. The molecule has 0 aromatic carbocycles. The van der Waals surface area contributed by atoms with Gasteiger partial charge in [-0.05, 0) is 92.3 Å². The van der Waals surface area contributed by atoms with E-state index in [9.17, 15) is 39.1 Å². The van der Waals surface area contributed by atoms with Gasteiger partial charge in [-0.2, -0.15) is 8.42 Å². The minimum Gasteiger partial charge on any atom is -0.393 e. The molecule has 5 fully saturated rings. The number of hydrogen-bond donors (Lipinski definition) is 7. The van der Waals surface area contributed by atoms with E-state index in [1.807, 2.05) is 6.92 Å². The van der Waals surface area contributed by atoms with Gasteiger partial charge < -0.3 is 40.1 Å². The molecule has 1 aliphatic heterocycles. The van der Waals surface area contributed by atoms with Crippen molar-refractivity contribution in [2.75, 3.05) is 6.61 Å². The summed E-state index contributed by atoms with van der Waals surface area (Å²) in [7, 11) is -4.84. The van der Waals surface area contributed by atoms with Gasteiger partial charge in [0.2, 0.25) is 0 Å². The fourth-order valence-corrected chi connectivity index (χ4v) is 11.2. The standard InChI is InChI=1S/C31H54O12S/c1-5-18(42-28-26(36)25(35)23(15-41-28)43-44(38,39)40)7-6-16(2)19-13-21(33)27-30(19,4)11-9-24-29(3)10-8-17(32)12-20(29)22(34)14-31(24,27)37/h16-28,32-37H,5-15H2,1-4H3,(H,38,39,40). The van der Waals surface area contributed by atoms with Crippen molar-refractivity contribution in [3.63, 3.8) is 0 Å². The molecule has 44 heavy (non-hydrogen) atoms.